The molecule has 1 heterocycles. The fraction of sp³-hybridized carbons (Fsp3) is 0.571. The van der Waals surface area contributed by atoms with Crippen LogP contribution in [-0.4, -0.2) is 44.2 Å². The van der Waals surface area contributed by atoms with E-state index in [1.807, 2.05) is 0 Å². The Morgan fingerprint density at radius 2 is 1.65 bits per heavy atom. The van der Waals surface area contributed by atoms with Crippen LogP contribution in [-0.2, 0) is 0 Å². The standard InChI is InChI=1S/C14H23N3/c1-12-4-3-5-13(2)14(12)17-10-8-16(7-6-15)9-11-17/h3-5H,6-11,15H2,1-2H3. The number of rotatable bonds is 3. The Bertz CT molecular complexity index is 347. The quantitative estimate of drug-likeness (QED) is 0.856. The Morgan fingerprint density at radius 1 is 1.06 bits per heavy atom. The second-order valence-corrected chi connectivity index (χ2v) is 4.86. The van der Waals surface area contributed by atoms with Crippen molar-refractivity contribution in [2.24, 2.45) is 5.73 Å². The number of nitrogens with two attached hydrogens (primary N) is 1. The highest BCUT2D eigenvalue weighted by Crippen LogP contribution is 2.25. The molecular formula is C14H23N3. The lowest BCUT2D eigenvalue weighted by molar-refractivity contribution is 0.264. The topological polar surface area (TPSA) is 32.5 Å². The van der Waals surface area contributed by atoms with Crippen molar-refractivity contribution in [1.82, 2.24) is 4.90 Å². The average molecular weight is 233 g/mol. The maximum Gasteiger partial charge on any atom is 0.0426 e. The average Bonchev–Trinajstić information content (AvgIpc) is 2.31. The van der Waals surface area contributed by atoms with Gasteiger partial charge in [0.05, 0.1) is 0 Å². The van der Waals surface area contributed by atoms with E-state index >= 15 is 0 Å². The van der Waals surface area contributed by atoms with Crippen molar-refractivity contribution in [3.63, 3.8) is 0 Å². The summed E-state index contributed by atoms with van der Waals surface area (Å²) in [5.74, 6) is 0. The molecule has 0 spiro atoms. The first-order chi connectivity index (χ1) is 8.22. The molecule has 0 aromatic heterocycles. The monoisotopic (exact) mass is 233 g/mol. The van der Waals surface area contributed by atoms with E-state index in [2.05, 4.69) is 41.8 Å². The summed E-state index contributed by atoms with van der Waals surface area (Å²) < 4.78 is 0. The molecule has 3 heteroatoms. The second-order valence-electron chi connectivity index (χ2n) is 4.86. The summed E-state index contributed by atoms with van der Waals surface area (Å²) in [4.78, 5) is 4.96. The molecule has 1 saturated heterocycles. The summed E-state index contributed by atoms with van der Waals surface area (Å²) >= 11 is 0. The predicted molar refractivity (Wildman–Crippen MR) is 73.6 cm³/mol. The molecule has 3 nitrogen and oxygen atoms in total. The van der Waals surface area contributed by atoms with E-state index in [0.29, 0.717) is 0 Å². The number of hydrogen-bond acceptors (Lipinski definition) is 3. The molecule has 0 radical (unpaired) electrons. The van der Waals surface area contributed by atoms with Gasteiger partial charge in [-0.25, -0.2) is 0 Å². The maximum absolute atomic E-state index is 5.60. The lowest BCUT2D eigenvalue weighted by atomic mass is 10.1. The van der Waals surface area contributed by atoms with Gasteiger partial charge in [0.15, 0.2) is 0 Å². The lowest BCUT2D eigenvalue weighted by Gasteiger charge is -2.37. The van der Waals surface area contributed by atoms with Gasteiger partial charge >= 0.3 is 0 Å². The fourth-order valence-corrected chi connectivity index (χ4v) is 2.68. The zero-order valence-electron chi connectivity index (χ0n) is 10.9. The van der Waals surface area contributed by atoms with E-state index in [9.17, 15) is 0 Å². The van der Waals surface area contributed by atoms with Crippen LogP contribution >= 0.6 is 0 Å². The van der Waals surface area contributed by atoms with E-state index in [0.717, 1.165) is 39.3 Å². The maximum atomic E-state index is 5.60. The van der Waals surface area contributed by atoms with Crippen molar-refractivity contribution in [3.05, 3.63) is 29.3 Å². The number of piperazine rings is 1. The number of benzene rings is 1. The van der Waals surface area contributed by atoms with Crippen LogP contribution in [0.3, 0.4) is 0 Å². The lowest BCUT2D eigenvalue weighted by Crippen LogP contribution is -2.48. The van der Waals surface area contributed by atoms with Gasteiger partial charge < -0.3 is 10.6 Å². The van der Waals surface area contributed by atoms with E-state index in [-0.39, 0.29) is 0 Å². The summed E-state index contributed by atoms with van der Waals surface area (Å²) in [6, 6.07) is 6.54. The molecule has 0 aliphatic carbocycles. The number of aryl methyl sites for hydroxylation is 2. The van der Waals surface area contributed by atoms with Crippen LogP contribution < -0.4 is 10.6 Å². The third-order valence-electron chi connectivity index (χ3n) is 3.57. The van der Waals surface area contributed by atoms with Gasteiger partial charge in [-0.15, -0.1) is 0 Å². The fourth-order valence-electron chi connectivity index (χ4n) is 2.68. The van der Waals surface area contributed by atoms with Crippen LogP contribution in [0.5, 0.6) is 0 Å². The van der Waals surface area contributed by atoms with Crippen molar-refractivity contribution in [1.29, 1.82) is 0 Å². The molecule has 1 fully saturated rings. The Kier molecular flexibility index (Phi) is 4.02. The molecule has 0 amide bonds. The number of para-hydroxylation sites is 1. The van der Waals surface area contributed by atoms with E-state index < -0.39 is 0 Å². The van der Waals surface area contributed by atoms with Crippen LogP contribution in [0.1, 0.15) is 11.1 Å². The first-order valence-corrected chi connectivity index (χ1v) is 6.46. The van der Waals surface area contributed by atoms with E-state index in [1.165, 1.54) is 16.8 Å². The highest BCUT2D eigenvalue weighted by molar-refractivity contribution is 5.59. The largest absolute Gasteiger partial charge is 0.369 e. The molecule has 94 valence electrons. The van der Waals surface area contributed by atoms with Crippen LogP contribution in [0, 0.1) is 13.8 Å². The molecular weight excluding hydrogens is 210 g/mol. The molecule has 1 aliphatic heterocycles. The van der Waals surface area contributed by atoms with Crippen molar-refractivity contribution >= 4 is 5.69 Å². The van der Waals surface area contributed by atoms with Crippen LogP contribution in [0.15, 0.2) is 18.2 Å². The van der Waals surface area contributed by atoms with Gasteiger partial charge in [0.1, 0.15) is 0 Å². The molecule has 2 N–H and O–H groups in total. The molecule has 0 saturated carbocycles. The van der Waals surface area contributed by atoms with E-state index in [4.69, 9.17) is 5.73 Å². The predicted octanol–water partition coefficient (Wildman–Crippen LogP) is 1.38. The summed E-state index contributed by atoms with van der Waals surface area (Å²) in [5, 5.41) is 0. The Hall–Kier alpha value is -1.06. The summed E-state index contributed by atoms with van der Waals surface area (Å²) in [6.45, 7) is 10.7. The molecule has 0 unspecified atom stereocenters. The van der Waals surface area contributed by atoms with Crippen LogP contribution in [0.25, 0.3) is 0 Å². The van der Waals surface area contributed by atoms with Gasteiger partial charge in [0.25, 0.3) is 0 Å². The molecule has 17 heavy (non-hydrogen) atoms. The van der Waals surface area contributed by atoms with Crippen molar-refractivity contribution < 1.29 is 0 Å². The van der Waals surface area contributed by atoms with Gasteiger partial charge in [-0.2, -0.15) is 0 Å². The Balaban J connectivity index is 2.05. The van der Waals surface area contributed by atoms with Crippen molar-refractivity contribution in [2.45, 2.75) is 13.8 Å². The normalized spacial score (nSPS) is 17.5. The molecule has 0 bridgehead atoms. The van der Waals surface area contributed by atoms with Gasteiger partial charge in [-0.05, 0) is 25.0 Å². The van der Waals surface area contributed by atoms with Crippen molar-refractivity contribution in [2.75, 3.05) is 44.2 Å². The molecule has 1 aromatic rings. The Labute approximate surface area is 104 Å². The first kappa shape index (κ1) is 12.4. The SMILES string of the molecule is Cc1cccc(C)c1N1CCN(CCN)CC1. The summed E-state index contributed by atoms with van der Waals surface area (Å²) in [5.41, 5.74) is 9.80. The number of hydrogen-bond donors (Lipinski definition) is 1. The molecule has 0 atom stereocenters. The minimum Gasteiger partial charge on any atom is -0.369 e. The third-order valence-corrected chi connectivity index (χ3v) is 3.57. The van der Waals surface area contributed by atoms with Crippen LogP contribution in [0.2, 0.25) is 0 Å². The molecule has 1 aromatic carbocycles. The minimum atomic E-state index is 0.767. The Morgan fingerprint density at radius 3 is 2.18 bits per heavy atom. The minimum absolute atomic E-state index is 0.767. The molecule has 2 rings (SSSR count). The second kappa shape index (κ2) is 5.52. The summed E-state index contributed by atoms with van der Waals surface area (Å²) in [6.07, 6.45) is 0. The van der Waals surface area contributed by atoms with Gasteiger partial charge in [0.2, 0.25) is 0 Å². The number of anilines is 1. The van der Waals surface area contributed by atoms with E-state index in [1.54, 1.807) is 0 Å². The molecule has 1 aliphatic rings. The summed E-state index contributed by atoms with van der Waals surface area (Å²) in [7, 11) is 0. The van der Waals surface area contributed by atoms with Crippen molar-refractivity contribution in [3.8, 4) is 0 Å². The van der Waals surface area contributed by atoms with Crippen LogP contribution in [0.4, 0.5) is 5.69 Å². The van der Waals surface area contributed by atoms with Gasteiger partial charge in [0, 0.05) is 45.0 Å². The third kappa shape index (κ3) is 2.79. The first-order valence-electron chi connectivity index (χ1n) is 6.46. The number of nitrogens with zero attached hydrogens (tertiary/aromatic N) is 2. The van der Waals surface area contributed by atoms with Gasteiger partial charge in [-0.1, -0.05) is 18.2 Å². The zero-order valence-corrected chi connectivity index (χ0v) is 10.9. The zero-order chi connectivity index (χ0) is 12.3. The van der Waals surface area contributed by atoms with Gasteiger partial charge in [-0.3, -0.25) is 4.90 Å². The highest BCUT2D eigenvalue weighted by atomic mass is 15.3. The smallest absolute Gasteiger partial charge is 0.0426 e. The highest BCUT2D eigenvalue weighted by Gasteiger charge is 2.18.